The summed E-state index contributed by atoms with van der Waals surface area (Å²) in [6.07, 6.45) is 10.3. The molecule has 1 fully saturated rings. The first-order valence-corrected chi connectivity index (χ1v) is 6.20. The summed E-state index contributed by atoms with van der Waals surface area (Å²) in [6.45, 7) is 3.27. The normalized spacial score (nSPS) is 28.7. The van der Waals surface area contributed by atoms with Crippen LogP contribution in [0.2, 0.25) is 0 Å². The smallest absolute Gasteiger partial charge is 0.0354 e. The molecule has 1 aromatic heterocycles. The maximum absolute atomic E-state index is 4.30. The van der Waals surface area contributed by atoms with Crippen LogP contribution in [0, 0.1) is 12.8 Å². The topological polar surface area (TPSA) is 24.9 Å². The van der Waals surface area contributed by atoms with Gasteiger partial charge in [0.1, 0.15) is 0 Å². The van der Waals surface area contributed by atoms with E-state index in [1.807, 2.05) is 12.4 Å². The van der Waals surface area contributed by atoms with Crippen molar-refractivity contribution < 1.29 is 0 Å². The van der Waals surface area contributed by atoms with E-state index in [4.69, 9.17) is 0 Å². The third-order valence-electron chi connectivity index (χ3n) is 3.77. The molecule has 0 amide bonds. The zero-order chi connectivity index (χ0) is 11.0. The summed E-state index contributed by atoms with van der Waals surface area (Å²) in [5, 5.41) is 3.65. The highest BCUT2D eigenvalue weighted by atomic mass is 14.9. The van der Waals surface area contributed by atoms with Crippen molar-refractivity contribution in [3.8, 4) is 0 Å². The van der Waals surface area contributed by atoms with E-state index >= 15 is 0 Å². The van der Waals surface area contributed by atoms with Gasteiger partial charge >= 0.3 is 0 Å². The van der Waals surface area contributed by atoms with Crippen molar-refractivity contribution in [1.82, 2.24) is 10.3 Å². The van der Waals surface area contributed by atoms with Gasteiger partial charge in [-0.2, -0.15) is 0 Å². The summed E-state index contributed by atoms with van der Waals surface area (Å²) in [6, 6.07) is 2.83. The second-order valence-corrected chi connectivity index (χ2v) is 4.98. The Morgan fingerprint density at radius 1 is 1.38 bits per heavy atom. The molecule has 1 N–H and O–H groups in total. The number of hydrogen-bond donors (Lipinski definition) is 1. The Hall–Kier alpha value is -1.15. The fraction of sp³-hybridized carbons (Fsp3) is 0.500. The number of allylic oxidation sites excluding steroid dienone is 1. The van der Waals surface area contributed by atoms with Crippen molar-refractivity contribution in [1.29, 1.82) is 0 Å². The van der Waals surface area contributed by atoms with E-state index in [1.54, 1.807) is 0 Å². The summed E-state index contributed by atoms with van der Waals surface area (Å²) in [5.74, 6) is 0.823. The summed E-state index contributed by atoms with van der Waals surface area (Å²) >= 11 is 0. The standard InChI is InChI=1S/C14H18N2/c1-10-7-12(9-15-8-10)13-5-4-11-3-2-6-16-14(11)13/h5,7-9,11,14,16H,2-4,6H2,1H3/t11-,14-/m0/s1. The number of nitrogens with one attached hydrogen (secondary N) is 1. The molecule has 0 radical (unpaired) electrons. The monoisotopic (exact) mass is 214 g/mol. The van der Waals surface area contributed by atoms with E-state index in [0.717, 1.165) is 12.5 Å². The average Bonchev–Trinajstić information content (AvgIpc) is 2.72. The number of hydrogen-bond acceptors (Lipinski definition) is 2. The second-order valence-electron chi connectivity index (χ2n) is 4.98. The average molecular weight is 214 g/mol. The van der Waals surface area contributed by atoms with Crippen LogP contribution in [0.1, 0.15) is 30.4 Å². The van der Waals surface area contributed by atoms with Crippen molar-refractivity contribution in [3.05, 3.63) is 35.7 Å². The highest BCUT2D eigenvalue weighted by Gasteiger charge is 2.32. The fourth-order valence-corrected chi connectivity index (χ4v) is 2.99. The van der Waals surface area contributed by atoms with Crippen LogP contribution in [-0.2, 0) is 0 Å². The van der Waals surface area contributed by atoms with Gasteiger partial charge in [-0.25, -0.2) is 0 Å². The van der Waals surface area contributed by atoms with E-state index in [1.165, 1.54) is 36.0 Å². The van der Waals surface area contributed by atoms with Gasteiger partial charge in [-0.15, -0.1) is 0 Å². The molecule has 2 heteroatoms. The lowest BCUT2D eigenvalue weighted by Gasteiger charge is -2.29. The highest BCUT2D eigenvalue weighted by molar-refractivity contribution is 5.72. The molecule has 1 aliphatic carbocycles. The molecule has 2 aliphatic rings. The van der Waals surface area contributed by atoms with Gasteiger partial charge in [-0.1, -0.05) is 6.08 Å². The number of rotatable bonds is 1. The molecule has 84 valence electrons. The molecule has 1 saturated heterocycles. The van der Waals surface area contributed by atoms with E-state index in [0.29, 0.717) is 6.04 Å². The lowest BCUT2D eigenvalue weighted by molar-refractivity contribution is 0.346. The van der Waals surface area contributed by atoms with Crippen LogP contribution in [0.4, 0.5) is 0 Å². The predicted molar refractivity (Wildman–Crippen MR) is 66.1 cm³/mol. The summed E-state index contributed by atoms with van der Waals surface area (Å²) in [7, 11) is 0. The first-order valence-electron chi connectivity index (χ1n) is 6.20. The third-order valence-corrected chi connectivity index (χ3v) is 3.77. The van der Waals surface area contributed by atoms with Crippen molar-refractivity contribution in [2.24, 2.45) is 5.92 Å². The van der Waals surface area contributed by atoms with Crippen LogP contribution in [0.25, 0.3) is 5.57 Å². The molecule has 1 aliphatic heterocycles. The van der Waals surface area contributed by atoms with Crippen molar-refractivity contribution in [2.45, 2.75) is 32.2 Å². The van der Waals surface area contributed by atoms with Gasteiger partial charge < -0.3 is 5.32 Å². The second kappa shape index (κ2) is 4.02. The van der Waals surface area contributed by atoms with Crippen LogP contribution >= 0.6 is 0 Å². The van der Waals surface area contributed by atoms with Gasteiger partial charge in [0.15, 0.2) is 0 Å². The molecule has 0 bridgehead atoms. The lowest BCUT2D eigenvalue weighted by atomic mass is 9.88. The molecule has 1 aromatic rings. The van der Waals surface area contributed by atoms with E-state index in [-0.39, 0.29) is 0 Å². The van der Waals surface area contributed by atoms with E-state index in [2.05, 4.69) is 29.4 Å². The Morgan fingerprint density at radius 2 is 2.31 bits per heavy atom. The first kappa shape index (κ1) is 10.0. The number of piperidine rings is 1. The largest absolute Gasteiger partial charge is 0.310 e. The van der Waals surface area contributed by atoms with Crippen LogP contribution in [0.3, 0.4) is 0 Å². The molecular weight excluding hydrogens is 196 g/mol. The van der Waals surface area contributed by atoms with Crippen molar-refractivity contribution in [2.75, 3.05) is 6.54 Å². The number of aromatic nitrogens is 1. The molecule has 0 saturated carbocycles. The molecule has 0 unspecified atom stereocenters. The first-order chi connectivity index (χ1) is 7.84. The Bertz CT molecular complexity index is 422. The minimum absolute atomic E-state index is 0.581. The van der Waals surface area contributed by atoms with Gasteiger partial charge in [-0.3, -0.25) is 4.98 Å². The summed E-state index contributed by atoms with van der Waals surface area (Å²) in [5.41, 5.74) is 4.03. The predicted octanol–water partition coefficient (Wildman–Crippen LogP) is 2.55. The maximum atomic E-state index is 4.30. The number of aryl methyl sites for hydroxylation is 1. The van der Waals surface area contributed by atoms with Crippen molar-refractivity contribution in [3.63, 3.8) is 0 Å². The van der Waals surface area contributed by atoms with E-state index in [9.17, 15) is 0 Å². The van der Waals surface area contributed by atoms with Crippen LogP contribution < -0.4 is 5.32 Å². The molecule has 0 aromatic carbocycles. The van der Waals surface area contributed by atoms with Gasteiger partial charge in [-0.05, 0) is 61.4 Å². The van der Waals surface area contributed by atoms with Gasteiger partial charge in [0, 0.05) is 18.4 Å². The zero-order valence-electron chi connectivity index (χ0n) is 9.74. The number of fused-ring (bicyclic) bond motifs is 1. The molecule has 3 rings (SSSR count). The minimum Gasteiger partial charge on any atom is -0.310 e. The number of nitrogens with zero attached hydrogens (tertiary/aromatic N) is 1. The van der Waals surface area contributed by atoms with Crippen LogP contribution in [0.5, 0.6) is 0 Å². The quantitative estimate of drug-likeness (QED) is 0.777. The van der Waals surface area contributed by atoms with Gasteiger partial charge in [0.2, 0.25) is 0 Å². The zero-order valence-corrected chi connectivity index (χ0v) is 9.74. The molecule has 2 heterocycles. The summed E-state index contributed by atoms with van der Waals surface area (Å²) in [4.78, 5) is 4.30. The molecular formula is C14H18N2. The maximum Gasteiger partial charge on any atom is 0.0354 e. The Kier molecular flexibility index (Phi) is 2.52. The van der Waals surface area contributed by atoms with Gasteiger partial charge in [0.05, 0.1) is 0 Å². The number of pyridine rings is 1. The molecule has 0 spiro atoms. The Labute approximate surface area is 96.8 Å². The Morgan fingerprint density at radius 3 is 3.19 bits per heavy atom. The molecule has 2 nitrogen and oxygen atoms in total. The van der Waals surface area contributed by atoms with E-state index < -0.39 is 0 Å². The van der Waals surface area contributed by atoms with Gasteiger partial charge in [0.25, 0.3) is 0 Å². The lowest BCUT2D eigenvalue weighted by Crippen LogP contribution is -2.39. The SMILES string of the molecule is Cc1cncc(C2=CC[C@@H]3CCCN[C@H]23)c1. The van der Waals surface area contributed by atoms with Crippen LogP contribution in [0.15, 0.2) is 24.5 Å². The molecule has 16 heavy (non-hydrogen) atoms. The fourth-order valence-electron chi connectivity index (χ4n) is 2.99. The summed E-state index contributed by atoms with van der Waals surface area (Å²) < 4.78 is 0. The highest BCUT2D eigenvalue weighted by Crippen LogP contribution is 2.36. The Balaban J connectivity index is 1.90. The van der Waals surface area contributed by atoms with Crippen LogP contribution in [-0.4, -0.2) is 17.6 Å². The third kappa shape index (κ3) is 1.67. The minimum atomic E-state index is 0.581. The van der Waals surface area contributed by atoms with Crippen molar-refractivity contribution >= 4 is 5.57 Å². The molecule has 2 atom stereocenters.